The summed E-state index contributed by atoms with van der Waals surface area (Å²) in [6, 6.07) is 1.72. The van der Waals surface area contributed by atoms with Crippen LogP contribution >= 0.6 is 11.6 Å². The predicted octanol–water partition coefficient (Wildman–Crippen LogP) is 2.30. The number of nitrogens with two attached hydrogens (primary N) is 1. The van der Waals surface area contributed by atoms with E-state index in [9.17, 15) is 0 Å². The molecule has 0 aliphatic carbocycles. The summed E-state index contributed by atoms with van der Waals surface area (Å²) in [4.78, 5) is 0. The second kappa shape index (κ2) is 4.72. The van der Waals surface area contributed by atoms with Crippen molar-refractivity contribution in [3.8, 4) is 0 Å². The number of rotatable bonds is 4. The van der Waals surface area contributed by atoms with Gasteiger partial charge in [-0.1, -0.05) is 0 Å². The van der Waals surface area contributed by atoms with E-state index in [2.05, 4.69) is 5.10 Å². The normalized spacial score (nSPS) is 12.9. The van der Waals surface area contributed by atoms with Crippen LogP contribution in [0.2, 0.25) is 5.22 Å². The molecule has 2 N–H and O–H groups in total. The van der Waals surface area contributed by atoms with E-state index in [0.29, 0.717) is 5.22 Å². The molecule has 0 saturated carbocycles. The standard InChI is InChI=1S/C11H14ClN3O/c1-15-7-8(6-14-15)2-3-10(13)9-4-5-16-11(9)12/h4-7,10H,2-3,13H2,1H3. The first kappa shape index (κ1) is 11.2. The number of halogens is 1. The number of furan rings is 1. The monoisotopic (exact) mass is 239 g/mol. The van der Waals surface area contributed by atoms with Crippen LogP contribution in [0.4, 0.5) is 0 Å². The molecule has 1 unspecified atom stereocenters. The van der Waals surface area contributed by atoms with Gasteiger partial charge < -0.3 is 10.2 Å². The Kier molecular flexibility index (Phi) is 3.31. The van der Waals surface area contributed by atoms with Crippen LogP contribution in [0, 0.1) is 0 Å². The number of hydrogen-bond acceptors (Lipinski definition) is 3. The van der Waals surface area contributed by atoms with Gasteiger partial charge >= 0.3 is 0 Å². The van der Waals surface area contributed by atoms with Crippen LogP contribution in [-0.2, 0) is 13.5 Å². The third-order valence-electron chi connectivity index (χ3n) is 2.55. The van der Waals surface area contributed by atoms with E-state index in [-0.39, 0.29) is 6.04 Å². The van der Waals surface area contributed by atoms with Gasteiger partial charge in [-0.3, -0.25) is 4.68 Å². The topological polar surface area (TPSA) is 57.0 Å². The van der Waals surface area contributed by atoms with Crippen molar-refractivity contribution < 1.29 is 4.42 Å². The Labute approximate surface area is 99.0 Å². The van der Waals surface area contributed by atoms with Gasteiger partial charge in [0.1, 0.15) is 0 Å². The Morgan fingerprint density at radius 1 is 1.62 bits per heavy atom. The molecule has 2 rings (SSSR count). The molecule has 2 heterocycles. The van der Waals surface area contributed by atoms with Gasteiger partial charge in [0.2, 0.25) is 0 Å². The number of aryl methyl sites for hydroxylation is 2. The average Bonchev–Trinajstić information content (AvgIpc) is 2.84. The predicted molar refractivity (Wildman–Crippen MR) is 62.2 cm³/mol. The van der Waals surface area contributed by atoms with E-state index >= 15 is 0 Å². The van der Waals surface area contributed by atoms with Crippen LogP contribution in [0.5, 0.6) is 0 Å². The van der Waals surface area contributed by atoms with Crippen molar-refractivity contribution in [2.75, 3.05) is 0 Å². The zero-order valence-corrected chi connectivity index (χ0v) is 9.81. The van der Waals surface area contributed by atoms with E-state index < -0.39 is 0 Å². The van der Waals surface area contributed by atoms with E-state index in [4.69, 9.17) is 21.8 Å². The maximum Gasteiger partial charge on any atom is 0.197 e. The van der Waals surface area contributed by atoms with Crippen molar-refractivity contribution in [3.63, 3.8) is 0 Å². The van der Waals surface area contributed by atoms with Crippen molar-refractivity contribution in [2.24, 2.45) is 12.8 Å². The lowest BCUT2D eigenvalue weighted by molar-refractivity contribution is 0.556. The molecule has 0 aliphatic heterocycles. The van der Waals surface area contributed by atoms with Gasteiger partial charge in [0, 0.05) is 24.8 Å². The molecule has 86 valence electrons. The summed E-state index contributed by atoms with van der Waals surface area (Å²) >= 11 is 5.86. The molecule has 0 saturated heterocycles. The Bertz CT molecular complexity index is 463. The summed E-state index contributed by atoms with van der Waals surface area (Å²) < 4.78 is 6.79. The minimum atomic E-state index is -0.0912. The van der Waals surface area contributed by atoms with Crippen molar-refractivity contribution >= 4 is 11.6 Å². The molecule has 0 bridgehead atoms. The van der Waals surface area contributed by atoms with Gasteiger partial charge in [-0.25, -0.2) is 0 Å². The van der Waals surface area contributed by atoms with Crippen molar-refractivity contribution in [2.45, 2.75) is 18.9 Å². The number of aromatic nitrogens is 2. The molecule has 2 aromatic rings. The number of hydrogen-bond donors (Lipinski definition) is 1. The molecule has 4 nitrogen and oxygen atoms in total. The third-order valence-corrected chi connectivity index (χ3v) is 2.86. The fraction of sp³-hybridized carbons (Fsp3) is 0.364. The molecule has 0 aromatic carbocycles. The Morgan fingerprint density at radius 2 is 2.44 bits per heavy atom. The van der Waals surface area contributed by atoms with Gasteiger partial charge in [-0.05, 0) is 36.1 Å². The highest BCUT2D eigenvalue weighted by Gasteiger charge is 2.12. The summed E-state index contributed by atoms with van der Waals surface area (Å²) in [5, 5.41) is 4.49. The first-order chi connectivity index (χ1) is 7.66. The molecular formula is C11H14ClN3O. The fourth-order valence-electron chi connectivity index (χ4n) is 1.65. The molecule has 0 fully saturated rings. The maximum absolute atomic E-state index is 6.02. The van der Waals surface area contributed by atoms with Crippen LogP contribution in [0.3, 0.4) is 0 Å². The third kappa shape index (κ3) is 2.46. The molecule has 0 radical (unpaired) electrons. The average molecular weight is 240 g/mol. The molecule has 5 heteroatoms. The second-order valence-corrected chi connectivity index (χ2v) is 4.16. The van der Waals surface area contributed by atoms with Gasteiger partial charge in [0.25, 0.3) is 0 Å². The van der Waals surface area contributed by atoms with E-state index in [0.717, 1.165) is 18.4 Å². The van der Waals surface area contributed by atoms with Gasteiger partial charge in [-0.2, -0.15) is 5.10 Å². The maximum atomic E-state index is 6.02. The van der Waals surface area contributed by atoms with Gasteiger partial charge in [0.05, 0.1) is 12.5 Å². The molecule has 1 atom stereocenters. The van der Waals surface area contributed by atoms with E-state index in [1.807, 2.05) is 25.5 Å². The van der Waals surface area contributed by atoms with Crippen LogP contribution in [0.15, 0.2) is 29.1 Å². The number of nitrogens with zero attached hydrogens (tertiary/aromatic N) is 2. The summed E-state index contributed by atoms with van der Waals surface area (Å²) in [5.74, 6) is 0. The van der Waals surface area contributed by atoms with E-state index in [1.54, 1.807) is 10.9 Å². The first-order valence-electron chi connectivity index (χ1n) is 5.13. The van der Waals surface area contributed by atoms with E-state index in [1.165, 1.54) is 5.56 Å². The summed E-state index contributed by atoms with van der Waals surface area (Å²) in [5.41, 5.74) is 8.07. The van der Waals surface area contributed by atoms with Gasteiger partial charge in [0.15, 0.2) is 5.22 Å². The Morgan fingerprint density at radius 3 is 3.00 bits per heavy atom. The molecule has 0 amide bonds. The second-order valence-electron chi connectivity index (χ2n) is 3.82. The minimum Gasteiger partial charge on any atom is -0.453 e. The van der Waals surface area contributed by atoms with Crippen LogP contribution in [0.1, 0.15) is 23.6 Å². The van der Waals surface area contributed by atoms with Crippen molar-refractivity contribution in [1.82, 2.24) is 9.78 Å². The van der Waals surface area contributed by atoms with Crippen molar-refractivity contribution in [1.29, 1.82) is 0 Å². The Hall–Kier alpha value is -1.26. The Balaban J connectivity index is 1.93. The molecule has 0 aliphatic rings. The molecular weight excluding hydrogens is 226 g/mol. The fourth-order valence-corrected chi connectivity index (χ4v) is 1.90. The lowest BCUT2D eigenvalue weighted by Crippen LogP contribution is -2.10. The summed E-state index contributed by atoms with van der Waals surface area (Å²) in [6.45, 7) is 0. The van der Waals surface area contributed by atoms with Crippen LogP contribution < -0.4 is 5.73 Å². The molecule has 16 heavy (non-hydrogen) atoms. The largest absolute Gasteiger partial charge is 0.453 e. The molecule has 0 spiro atoms. The molecule has 2 aromatic heterocycles. The highest BCUT2D eigenvalue weighted by Crippen LogP contribution is 2.25. The smallest absolute Gasteiger partial charge is 0.197 e. The zero-order valence-electron chi connectivity index (χ0n) is 9.06. The summed E-state index contributed by atoms with van der Waals surface area (Å²) in [7, 11) is 1.90. The van der Waals surface area contributed by atoms with Crippen LogP contribution in [0.25, 0.3) is 0 Å². The highest BCUT2D eigenvalue weighted by atomic mass is 35.5. The zero-order chi connectivity index (χ0) is 11.5. The first-order valence-corrected chi connectivity index (χ1v) is 5.50. The lowest BCUT2D eigenvalue weighted by atomic mass is 10.0. The van der Waals surface area contributed by atoms with Crippen LogP contribution in [-0.4, -0.2) is 9.78 Å². The summed E-state index contributed by atoms with van der Waals surface area (Å²) in [6.07, 6.45) is 7.11. The SMILES string of the molecule is Cn1cc(CCC(N)c2ccoc2Cl)cn1. The minimum absolute atomic E-state index is 0.0912. The van der Waals surface area contributed by atoms with Crippen molar-refractivity contribution in [3.05, 3.63) is 41.1 Å². The highest BCUT2D eigenvalue weighted by molar-refractivity contribution is 6.29. The lowest BCUT2D eigenvalue weighted by Gasteiger charge is -2.08. The quantitative estimate of drug-likeness (QED) is 0.891. The van der Waals surface area contributed by atoms with Gasteiger partial charge in [-0.15, -0.1) is 0 Å².